The third-order valence-corrected chi connectivity index (χ3v) is 4.00. The van der Waals surface area contributed by atoms with Crippen molar-refractivity contribution in [2.24, 2.45) is 0 Å². The lowest BCUT2D eigenvalue weighted by Gasteiger charge is -2.44. The lowest BCUT2D eigenvalue weighted by atomic mass is 9.85. The average molecular weight is 561 g/mol. The van der Waals surface area contributed by atoms with Crippen molar-refractivity contribution < 1.29 is 92.2 Å². The summed E-state index contributed by atoms with van der Waals surface area (Å²) in [6, 6.07) is 0. The Morgan fingerprint density at radius 1 is 0.353 bits per heavy atom. The normalized spacial score (nSPS) is 16.8. The van der Waals surface area contributed by atoms with Gasteiger partial charge in [0, 0.05) is 6.42 Å². The van der Waals surface area contributed by atoms with Crippen LogP contribution in [0, 0.1) is 6.42 Å². The van der Waals surface area contributed by atoms with E-state index in [1.54, 1.807) is 0 Å². The highest BCUT2D eigenvalue weighted by molar-refractivity contribution is 5.18. The average Bonchev–Trinajstić information content (AvgIpc) is 2.59. The molecule has 34 heavy (non-hydrogen) atoms. The highest BCUT2D eigenvalue weighted by Gasteiger charge is 2.97. The van der Waals surface area contributed by atoms with Gasteiger partial charge in [-0.1, -0.05) is 6.92 Å². The summed E-state index contributed by atoms with van der Waals surface area (Å²) in [7, 11) is 0. The van der Waals surface area contributed by atoms with Crippen LogP contribution in [0.25, 0.3) is 0 Å². The van der Waals surface area contributed by atoms with Crippen LogP contribution in [0.15, 0.2) is 0 Å². The van der Waals surface area contributed by atoms with Gasteiger partial charge in [-0.25, -0.2) is 0 Å². The lowest BCUT2D eigenvalue weighted by molar-refractivity contribution is -0.473. The predicted octanol–water partition coefficient (Wildman–Crippen LogP) is 7.88. The van der Waals surface area contributed by atoms with E-state index in [2.05, 4.69) is 0 Å². The first-order valence-electron chi connectivity index (χ1n) is 7.62. The Labute approximate surface area is 173 Å². The third kappa shape index (κ3) is 3.82. The van der Waals surface area contributed by atoms with Crippen LogP contribution in [0.2, 0.25) is 0 Å². The van der Waals surface area contributed by atoms with E-state index in [4.69, 9.17) is 0 Å². The van der Waals surface area contributed by atoms with Crippen molar-refractivity contribution in [3.05, 3.63) is 6.42 Å². The molecular weight excluding hydrogens is 555 g/mol. The summed E-state index contributed by atoms with van der Waals surface area (Å²) in [5.74, 6) is -76.5. The van der Waals surface area contributed by atoms with Gasteiger partial charge in [0.05, 0.1) is 0 Å². The van der Waals surface area contributed by atoms with Crippen LogP contribution < -0.4 is 0 Å². The monoisotopic (exact) mass is 561 g/mol. The van der Waals surface area contributed by atoms with Crippen molar-refractivity contribution >= 4 is 0 Å². The van der Waals surface area contributed by atoms with E-state index in [1.165, 1.54) is 0 Å². The molecule has 0 aromatic rings. The van der Waals surface area contributed by atoms with Gasteiger partial charge in [0.1, 0.15) is 0 Å². The Morgan fingerprint density at radius 2 is 0.559 bits per heavy atom. The fourth-order valence-electron chi connectivity index (χ4n) is 1.95. The molecule has 0 unspecified atom stereocenters. The van der Waals surface area contributed by atoms with Crippen LogP contribution in [-0.4, -0.2) is 59.5 Å². The van der Waals surface area contributed by atoms with E-state index in [1.807, 2.05) is 0 Å². The second kappa shape index (κ2) is 8.02. The van der Waals surface area contributed by atoms with Gasteiger partial charge in [0.25, 0.3) is 0 Å². The number of halogens is 21. The first kappa shape index (κ1) is 32.5. The molecule has 0 aliphatic rings. The largest absolute Gasteiger partial charge is 0.460 e. The summed E-state index contributed by atoms with van der Waals surface area (Å²) in [6.45, 7) is 0.423. The fraction of sp³-hybridized carbons (Fsp3) is 0.923. The van der Waals surface area contributed by atoms with Gasteiger partial charge in [-0.3, -0.25) is 0 Å². The van der Waals surface area contributed by atoms with Crippen molar-refractivity contribution in [1.29, 1.82) is 0 Å². The maximum atomic E-state index is 13.4. The molecule has 0 saturated heterocycles. The molecule has 0 aliphatic carbocycles. The van der Waals surface area contributed by atoms with E-state index in [0.29, 0.717) is 6.92 Å². The van der Waals surface area contributed by atoms with Crippen LogP contribution in [0.3, 0.4) is 0 Å². The second-order valence-corrected chi connectivity index (χ2v) is 6.33. The molecule has 0 aromatic heterocycles. The van der Waals surface area contributed by atoms with Gasteiger partial charge in [-0.15, -0.1) is 0 Å². The molecule has 0 amide bonds. The molecule has 1 radical (unpaired) electrons. The first-order chi connectivity index (χ1) is 14.3. The molecule has 0 nitrogen and oxygen atoms in total. The van der Waals surface area contributed by atoms with E-state index in [9.17, 15) is 92.2 Å². The number of hydrogen-bond donors (Lipinski definition) is 0. The summed E-state index contributed by atoms with van der Waals surface area (Å²) in [5.41, 5.74) is 0. The molecule has 0 aromatic carbocycles. The summed E-state index contributed by atoms with van der Waals surface area (Å²) in [4.78, 5) is 0. The van der Waals surface area contributed by atoms with Crippen LogP contribution in [0.4, 0.5) is 92.2 Å². The topological polar surface area (TPSA) is 0 Å². The minimum absolute atomic E-state index is 0.423. The van der Waals surface area contributed by atoms with Crippen molar-refractivity contribution in [2.75, 3.05) is 0 Å². The van der Waals surface area contributed by atoms with Crippen molar-refractivity contribution in [3.8, 4) is 0 Å². The van der Waals surface area contributed by atoms with Gasteiger partial charge in [-0.2, -0.15) is 92.2 Å². The molecule has 0 N–H and O–H groups in total. The third-order valence-electron chi connectivity index (χ3n) is 4.00. The molecule has 21 heteroatoms. The summed E-state index contributed by atoms with van der Waals surface area (Å²) < 4.78 is 273. The quantitative estimate of drug-likeness (QED) is 0.238. The fourth-order valence-corrected chi connectivity index (χ4v) is 1.95. The Kier molecular flexibility index (Phi) is 7.67. The van der Waals surface area contributed by atoms with Gasteiger partial charge < -0.3 is 0 Å². The minimum Gasteiger partial charge on any atom is -0.199 e. The zero-order chi connectivity index (χ0) is 28.4. The summed E-state index contributed by atoms with van der Waals surface area (Å²) in [5, 5.41) is 0. The van der Waals surface area contributed by atoms with E-state index in [-0.39, 0.29) is 0 Å². The predicted molar refractivity (Wildman–Crippen MR) is 65.2 cm³/mol. The van der Waals surface area contributed by atoms with Crippen molar-refractivity contribution in [1.82, 2.24) is 0 Å². The number of hydrogen-bond acceptors (Lipinski definition) is 0. The molecule has 0 heterocycles. The molecule has 0 spiro atoms. The zero-order valence-corrected chi connectivity index (χ0v) is 15.2. The molecule has 205 valence electrons. The standard InChI is InChI=1S/C13H6F21/c1-2-3-4(14,15)5(16,17)6(18,19)7(20,21)8(22,23)9(24,25)10(26,27)11(28,29)12(30,31)13(32,33)34/h3H,2H2,1H3. The van der Waals surface area contributed by atoms with E-state index < -0.39 is 72.3 Å². The van der Waals surface area contributed by atoms with E-state index in [0.717, 1.165) is 0 Å². The Hall–Kier alpha value is -1.47. The van der Waals surface area contributed by atoms with Crippen LogP contribution in [0.1, 0.15) is 13.3 Å². The Balaban J connectivity index is 7.01. The molecule has 0 bridgehead atoms. The van der Waals surface area contributed by atoms with Gasteiger partial charge in [-0.05, 0) is 6.42 Å². The van der Waals surface area contributed by atoms with Gasteiger partial charge in [0.15, 0.2) is 0 Å². The Morgan fingerprint density at radius 3 is 0.765 bits per heavy atom. The molecular formula is C13H6F21. The summed E-state index contributed by atoms with van der Waals surface area (Å²) in [6.07, 6.45) is -10.7. The highest BCUT2D eigenvalue weighted by Crippen LogP contribution is 2.66. The number of alkyl halides is 21. The maximum absolute atomic E-state index is 13.4. The SMILES string of the molecule is CC[CH]C(F)(F)C(F)(F)C(F)(F)C(F)(F)C(F)(F)C(F)(F)C(F)(F)C(F)(F)C(F)(F)C(F)(F)F. The Bertz CT molecular complexity index is 725. The second-order valence-electron chi connectivity index (χ2n) is 6.33. The van der Waals surface area contributed by atoms with E-state index >= 15 is 0 Å². The maximum Gasteiger partial charge on any atom is 0.460 e. The van der Waals surface area contributed by atoms with Crippen molar-refractivity contribution in [3.63, 3.8) is 0 Å². The van der Waals surface area contributed by atoms with Crippen molar-refractivity contribution in [2.45, 2.75) is 72.8 Å². The van der Waals surface area contributed by atoms with Crippen LogP contribution in [-0.2, 0) is 0 Å². The zero-order valence-electron chi connectivity index (χ0n) is 15.2. The van der Waals surface area contributed by atoms with Crippen LogP contribution >= 0.6 is 0 Å². The molecule has 0 saturated carbocycles. The van der Waals surface area contributed by atoms with Gasteiger partial charge >= 0.3 is 59.5 Å². The van der Waals surface area contributed by atoms with Crippen LogP contribution in [0.5, 0.6) is 0 Å². The first-order valence-corrected chi connectivity index (χ1v) is 7.62. The molecule has 0 aliphatic heterocycles. The molecule has 0 atom stereocenters. The number of rotatable bonds is 10. The lowest BCUT2D eigenvalue weighted by Crippen LogP contribution is -2.76. The highest BCUT2D eigenvalue weighted by atomic mass is 19.4. The smallest absolute Gasteiger partial charge is 0.199 e. The summed E-state index contributed by atoms with van der Waals surface area (Å²) >= 11 is 0. The minimum atomic E-state index is -9.13. The van der Waals surface area contributed by atoms with Gasteiger partial charge in [0.2, 0.25) is 0 Å². The molecule has 0 rings (SSSR count). The molecule has 0 fully saturated rings.